The minimum Gasteiger partial charge on any atom is -0.724 e. The molecule has 0 aliphatic carbocycles. The summed E-state index contributed by atoms with van der Waals surface area (Å²) in [6, 6.07) is 52.7. The summed E-state index contributed by atoms with van der Waals surface area (Å²) in [7, 11) is -9.75. The Morgan fingerprint density at radius 2 is 1.29 bits per heavy atom. The van der Waals surface area contributed by atoms with Gasteiger partial charge >= 0.3 is 6.03 Å². The summed E-state index contributed by atoms with van der Waals surface area (Å²) in [4.78, 5) is 26.9. The number of hydrogen-bond donors (Lipinski definition) is 1. The molecule has 1 aromatic heterocycles. The monoisotopic (exact) mass is 899 g/mol. The van der Waals surface area contributed by atoms with Crippen molar-refractivity contribution in [3.05, 3.63) is 182 Å². The van der Waals surface area contributed by atoms with E-state index in [9.17, 15) is 22.6 Å². The van der Waals surface area contributed by atoms with E-state index in [0.29, 0.717) is 10.8 Å². The Hall–Kier alpha value is -5.99. The number of urea groups is 1. The van der Waals surface area contributed by atoms with Crippen LogP contribution in [0.1, 0.15) is 27.7 Å². The molecule has 8 rings (SSSR count). The van der Waals surface area contributed by atoms with Gasteiger partial charge in [-0.1, -0.05) is 142 Å². The van der Waals surface area contributed by atoms with Gasteiger partial charge in [0.15, 0.2) is 5.82 Å². The number of aromatic nitrogens is 2. The molecule has 6 aromatic rings. The molecule has 2 aliphatic rings. The quantitative estimate of drug-likeness (QED) is 0.0619. The number of fused-ring (bicyclic) bond motifs is 2. The Morgan fingerprint density at radius 3 is 1.73 bits per heavy atom. The van der Waals surface area contributed by atoms with E-state index in [1.54, 1.807) is 18.3 Å². The van der Waals surface area contributed by atoms with E-state index < -0.39 is 38.1 Å². The lowest BCUT2D eigenvalue weighted by Crippen LogP contribution is -2.67. The zero-order chi connectivity index (χ0) is 44.7. The third-order valence-electron chi connectivity index (χ3n) is 10.9. The van der Waals surface area contributed by atoms with Crippen molar-refractivity contribution in [2.24, 2.45) is 0 Å². The van der Waals surface area contributed by atoms with Gasteiger partial charge in [-0.15, -0.1) is 0 Å². The molecule has 2 aliphatic heterocycles. The van der Waals surface area contributed by atoms with Crippen LogP contribution < -0.4 is 31.6 Å². The van der Waals surface area contributed by atoms with Gasteiger partial charge in [0.1, 0.15) is 35.8 Å². The maximum Gasteiger partial charge on any atom is 0.346 e. The second-order valence-electron chi connectivity index (χ2n) is 16.1. The van der Waals surface area contributed by atoms with E-state index in [2.05, 4.69) is 170 Å². The molecule has 12 nitrogen and oxygen atoms in total. The smallest absolute Gasteiger partial charge is 0.346 e. The van der Waals surface area contributed by atoms with E-state index in [-0.39, 0.29) is 36.5 Å². The fourth-order valence-electron chi connectivity index (χ4n) is 8.30. The normalized spacial score (nSPS) is 15.5. The minimum absolute atomic E-state index is 0.111. The number of rotatable bonds is 13. The van der Waals surface area contributed by atoms with Gasteiger partial charge in [0.2, 0.25) is 16.3 Å². The molecule has 5 aromatic carbocycles. The lowest BCUT2D eigenvalue weighted by atomic mass is 10.2. The number of allylic oxidation sites excluding steroid dienone is 1. The standard InChI is InChI=1S/C27H31N5O7SSi.C21H20P/c1-27(2,3)41(22-10-6-4-7-11-22,23-12-8-5-9-13-23)38-19-25(33)28-24-14-15-31(29-24)20-16-21-18-30(17-20)26(34)32(21)39-40(35,36)37;1-2-18-22(19-12-6-3-7-13-19,20-14-8-4-9-15-20)21-16-10-5-11-17-21/h4-16,21H,17-19H2,1-3H3,(H,28,29,33)(H,35,36,37);2-18H,1H3/q;+1/p-1/b;18-2+. The summed E-state index contributed by atoms with van der Waals surface area (Å²) in [5.74, 6) is 2.31. The van der Waals surface area contributed by atoms with Gasteiger partial charge in [-0.05, 0) is 64.8 Å². The summed E-state index contributed by atoms with van der Waals surface area (Å²) in [6.07, 6.45) is 5.40. The van der Waals surface area contributed by atoms with E-state index in [1.165, 1.54) is 25.5 Å². The molecule has 1 fully saturated rings. The van der Waals surface area contributed by atoms with E-state index in [0.717, 1.165) is 10.4 Å². The first-order valence-electron chi connectivity index (χ1n) is 20.5. The minimum atomic E-state index is -5.11. The predicted molar refractivity (Wildman–Crippen MR) is 252 cm³/mol. The average molecular weight is 900 g/mol. The largest absolute Gasteiger partial charge is 0.724 e. The van der Waals surface area contributed by atoms with Gasteiger partial charge in [0, 0.05) is 18.8 Å². The molecular formula is C48H50N5O7PSSi. The third kappa shape index (κ3) is 9.82. The maximum atomic E-state index is 13.1. The van der Waals surface area contributed by atoms with Crippen LogP contribution in [-0.2, 0) is 23.9 Å². The number of carbonyl (C=O) groups excluding carboxylic acids is 2. The highest BCUT2D eigenvalue weighted by atomic mass is 32.3. The van der Waals surface area contributed by atoms with Crippen LogP contribution in [0.3, 0.4) is 0 Å². The number of anilines is 1. The summed E-state index contributed by atoms with van der Waals surface area (Å²) in [6.45, 7) is 8.59. The number of carbonyl (C=O) groups is 2. The van der Waals surface area contributed by atoms with Crippen LogP contribution in [0.2, 0.25) is 5.04 Å². The molecule has 0 spiro atoms. The molecule has 0 saturated carbocycles. The van der Waals surface area contributed by atoms with E-state index >= 15 is 0 Å². The number of nitrogens with one attached hydrogen (secondary N) is 1. The molecule has 2 bridgehead atoms. The fourth-order valence-corrected chi connectivity index (χ4v) is 17.0. The van der Waals surface area contributed by atoms with Crippen LogP contribution in [0, 0.1) is 0 Å². The van der Waals surface area contributed by atoms with Crippen LogP contribution in [0.25, 0.3) is 5.70 Å². The van der Waals surface area contributed by atoms with Gasteiger partial charge < -0.3 is 19.2 Å². The highest BCUT2D eigenvalue weighted by Gasteiger charge is 2.50. The van der Waals surface area contributed by atoms with Crippen molar-refractivity contribution in [2.45, 2.75) is 38.8 Å². The van der Waals surface area contributed by atoms with Crippen LogP contribution in [-0.4, -0.2) is 78.7 Å². The molecule has 1 unspecified atom stereocenters. The SMILES string of the molecule is C/C=C/[P+](c1ccccc1)(c1ccccc1)c1ccccc1.CC(C)(C)[Si](OCC(=O)Nc1ccn(C2=CC3CN(C2)C(=O)N3OS(=O)(=O)[O-])n1)(c1ccccc1)c1ccccc1. The van der Waals surface area contributed by atoms with Gasteiger partial charge in [0.25, 0.3) is 8.32 Å². The van der Waals surface area contributed by atoms with Crippen LogP contribution in [0.5, 0.6) is 0 Å². The van der Waals surface area contributed by atoms with Gasteiger partial charge in [-0.3, -0.25) is 4.79 Å². The molecule has 324 valence electrons. The number of nitrogens with zero attached hydrogens (tertiary/aromatic N) is 4. The lowest BCUT2D eigenvalue weighted by Gasteiger charge is -2.42. The Kier molecular flexibility index (Phi) is 13.7. The predicted octanol–water partition coefficient (Wildman–Crippen LogP) is 6.26. The average Bonchev–Trinajstić information content (AvgIpc) is 3.84. The zero-order valence-electron chi connectivity index (χ0n) is 35.5. The van der Waals surface area contributed by atoms with Gasteiger partial charge in [0.05, 0.1) is 18.1 Å². The van der Waals surface area contributed by atoms with Gasteiger partial charge in [-0.25, -0.2) is 17.9 Å². The van der Waals surface area contributed by atoms with Crippen molar-refractivity contribution in [2.75, 3.05) is 25.0 Å². The molecule has 0 radical (unpaired) electrons. The van der Waals surface area contributed by atoms with Crippen LogP contribution >= 0.6 is 7.26 Å². The Balaban J connectivity index is 0.000000227. The first kappa shape index (κ1) is 45.0. The first-order chi connectivity index (χ1) is 30.2. The van der Waals surface area contributed by atoms with Crippen molar-refractivity contribution in [1.29, 1.82) is 0 Å². The second-order valence-corrected chi connectivity index (χ2v) is 24.6. The highest BCUT2D eigenvalue weighted by molar-refractivity contribution is 7.98. The number of hydroxylamine groups is 2. The molecule has 1 atom stereocenters. The molecule has 1 N–H and O–H groups in total. The van der Waals surface area contributed by atoms with Crippen molar-refractivity contribution >= 4 is 75.7 Å². The zero-order valence-corrected chi connectivity index (χ0v) is 38.2. The lowest BCUT2D eigenvalue weighted by molar-refractivity contribution is -0.118. The summed E-state index contributed by atoms with van der Waals surface area (Å²) < 4.78 is 45.6. The summed E-state index contributed by atoms with van der Waals surface area (Å²) in [5.41, 5.74) is 0.549. The fraction of sp³-hybridized carbons (Fsp3) is 0.188. The molecular weight excluding hydrogens is 850 g/mol. The Labute approximate surface area is 370 Å². The number of amides is 3. The molecule has 15 heteroatoms. The molecule has 3 amide bonds. The summed E-state index contributed by atoms with van der Waals surface area (Å²) >= 11 is 0. The third-order valence-corrected chi connectivity index (χ3v) is 20.3. The Bertz CT molecular complexity index is 2530. The van der Waals surface area contributed by atoms with Gasteiger partial charge in [-0.2, -0.15) is 14.4 Å². The van der Waals surface area contributed by atoms with Crippen LogP contribution in [0.4, 0.5) is 10.6 Å². The van der Waals surface area contributed by atoms with Crippen molar-refractivity contribution in [1.82, 2.24) is 19.7 Å². The number of hydrogen-bond acceptors (Lipinski definition) is 8. The van der Waals surface area contributed by atoms with Crippen LogP contribution in [0.15, 0.2) is 182 Å². The maximum absolute atomic E-state index is 13.1. The first-order valence-corrected chi connectivity index (χ1v) is 25.6. The topological polar surface area (TPSA) is 146 Å². The molecule has 1 saturated heterocycles. The number of benzene rings is 5. The molecule has 3 heterocycles. The van der Waals surface area contributed by atoms with Crippen molar-refractivity contribution < 1.29 is 31.3 Å². The van der Waals surface area contributed by atoms with E-state index in [4.69, 9.17) is 4.43 Å². The summed E-state index contributed by atoms with van der Waals surface area (Å²) in [5, 5.41) is 13.7. The van der Waals surface area contributed by atoms with Crippen molar-refractivity contribution in [3.63, 3.8) is 0 Å². The Morgan fingerprint density at radius 1 is 0.810 bits per heavy atom. The van der Waals surface area contributed by atoms with Crippen molar-refractivity contribution in [3.8, 4) is 0 Å². The highest BCUT2D eigenvalue weighted by Crippen LogP contribution is 2.56. The van der Waals surface area contributed by atoms with E-state index in [1.807, 2.05) is 36.4 Å². The second kappa shape index (κ2) is 19.2. The molecule has 63 heavy (non-hydrogen) atoms.